The van der Waals surface area contributed by atoms with E-state index in [0.29, 0.717) is 6.04 Å². The van der Waals surface area contributed by atoms with Gasteiger partial charge in [-0.25, -0.2) is 0 Å². The highest BCUT2D eigenvalue weighted by Gasteiger charge is 2.25. The Morgan fingerprint density at radius 1 is 1.45 bits per heavy atom. The smallest absolute Gasteiger partial charge is 0.125 e. The highest BCUT2D eigenvalue weighted by atomic mass is 16.5. The van der Waals surface area contributed by atoms with Crippen molar-refractivity contribution < 1.29 is 4.74 Å². The summed E-state index contributed by atoms with van der Waals surface area (Å²) in [6.45, 7) is 9.00. The zero-order valence-corrected chi connectivity index (χ0v) is 12.7. The van der Waals surface area contributed by atoms with Gasteiger partial charge < -0.3 is 15.0 Å². The Hall–Kier alpha value is -1.73. The summed E-state index contributed by atoms with van der Waals surface area (Å²) in [5.41, 5.74) is 1.56. The molecule has 2 rings (SSSR count). The minimum Gasteiger partial charge on any atom is -0.496 e. The first-order chi connectivity index (χ1) is 9.47. The molecule has 0 bridgehead atoms. The van der Waals surface area contributed by atoms with Crippen LogP contribution >= 0.6 is 0 Å². The fraction of sp³-hybridized carbons (Fsp3) is 0.562. The number of nitrogens with zero attached hydrogens (tertiary/aromatic N) is 2. The minimum absolute atomic E-state index is 0.491. The summed E-state index contributed by atoms with van der Waals surface area (Å²) in [7, 11) is 1.66. The summed E-state index contributed by atoms with van der Waals surface area (Å²) < 4.78 is 5.50. The summed E-state index contributed by atoms with van der Waals surface area (Å²) in [4.78, 5) is 2.35. The number of ether oxygens (including phenoxy) is 1. The summed E-state index contributed by atoms with van der Waals surface area (Å²) in [6, 6.07) is 8.98. The predicted molar refractivity (Wildman–Crippen MR) is 81.3 cm³/mol. The van der Waals surface area contributed by atoms with Crippen LogP contribution in [0.1, 0.15) is 26.3 Å². The Kier molecular flexibility index (Phi) is 4.20. The topological polar surface area (TPSA) is 48.3 Å². The van der Waals surface area contributed by atoms with Crippen LogP contribution in [0, 0.1) is 11.3 Å². The van der Waals surface area contributed by atoms with Crippen LogP contribution in [-0.4, -0.2) is 32.8 Å². The highest BCUT2D eigenvalue weighted by Crippen LogP contribution is 2.34. The largest absolute Gasteiger partial charge is 0.496 e. The molecule has 1 heterocycles. The van der Waals surface area contributed by atoms with Gasteiger partial charge in [0.05, 0.1) is 18.6 Å². The number of piperazine rings is 1. The van der Waals surface area contributed by atoms with E-state index < -0.39 is 5.41 Å². The van der Waals surface area contributed by atoms with Gasteiger partial charge in [0.15, 0.2) is 0 Å². The van der Waals surface area contributed by atoms with Gasteiger partial charge in [0.2, 0.25) is 0 Å². The summed E-state index contributed by atoms with van der Waals surface area (Å²) in [6.07, 6.45) is 0. The molecule has 0 amide bonds. The van der Waals surface area contributed by atoms with Crippen molar-refractivity contribution in [3.63, 3.8) is 0 Å². The lowest BCUT2D eigenvalue weighted by Gasteiger charge is -2.34. The molecule has 1 aromatic carbocycles. The van der Waals surface area contributed by atoms with Crippen LogP contribution in [0.4, 0.5) is 5.69 Å². The summed E-state index contributed by atoms with van der Waals surface area (Å²) in [5.74, 6) is 0.792. The van der Waals surface area contributed by atoms with E-state index in [2.05, 4.69) is 29.3 Å². The third-order valence-electron chi connectivity index (χ3n) is 3.87. The lowest BCUT2D eigenvalue weighted by Crippen LogP contribution is -2.49. The summed E-state index contributed by atoms with van der Waals surface area (Å²) in [5, 5.41) is 12.7. The second-order valence-electron chi connectivity index (χ2n) is 5.92. The van der Waals surface area contributed by atoms with E-state index in [9.17, 15) is 5.26 Å². The van der Waals surface area contributed by atoms with E-state index in [1.807, 2.05) is 26.0 Å². The number of nitrogens with one attached hydrogen (secondary N) is 1. The maximum absolute atomic E-state index is 9.30. The first-order valence-electron chi connectivity index (χ1n) is 7.06. The van der Waals surface area contributed by atoms with Gasteiger partial charge in [0.1, 0.15) is 5.75 Å². The third-order valence-corrected chi connectivity index (χ3v) is 3.87. The van der Waals surface area contributed by atoms with Crippen molar-refractivity contribution in [2.45, 2.75) is 32.2 Å². The van der Waals surface area contributed by atoms with Crippen LogP contribution < -0.4 is 15.0 Å². The van der Waals surface area contributed by atoms with E-state index in [-0.39, 0.29) is 0 Å². The molecule has 0 radical (unpaired) electrons. The van der Waals surface area contributed by atoms with Crippen LogP contribution in [0.15, 0.2) is 18.2 Å². The first kappa shape index (κ1) is 14.7. The number of methoxy groups -OCH3 is 1. The SMILES string of the molecule is COc1cc(N2CCNC(C)C2)ccc1C(C)(C)C#N. The lowest BCUT2D eigenvalue weighted by molar-refractivity contribution is 0.402. The van der Waals surface area contributed by atoms with Gasteiger partial charge in [-0.1, -0.05) is 6.07 Å². The van der Waals surface area contributed by atoms with Gasteiger partial charge in [-0.3, -0.25) is 0 Å². The van der Waals surface area contributed by atoms with Crippen molar-refractivity contribution >= 4 is 5.69 Å². The molecular weight excluding hydrogens is 250 g/mol. The maximum atomic E-state index is 9.30. The number of hydrogen-bond acceptors (Lipinski definition) is 4. The molecule has 1 aliphatic rings. The molecule has 1 aromatic rings. The quantitative estimate of drug-likeness (QED) is 0.918. The van der Waals surface area contributed by atoms with Gasteiger partial charge in [-0.05, 0) is 26.8 Å². The van der Waals surface area contributed by atoms with E-state index in [1.54, 1.807) is 7.11 Å². The molecule has 1 unspecified atom stereocenters. The molecule has 1 N–H and O–H groups in total. The maximum Gasteiger partial charge on any atom is 0.125 e. The second-order valence-corrected chi connectivity index (χ2v) is 5.92. The second kappa shape index (κ2) is 5.72. The molecule has 1 saturated heterocycles. The molecule has 0 aliphatic carbocycles. The standard InChI is InChI=1S/C16H23N3O/c1-12-10-19(8-7-18-12)13-5-6-14(15(9-13)20-4)16(2,3)11-17/h5-6,9,12,18H,7-8,10H2,1-4H3. The van der Waals surface area contributed by atoms with Crippen LogP contribution in [0.5, 0.6) is 5.75 Å². The zero-order valence-electron chi connectivity index (χ0n) is 12.7. The normalized spacial score (nSPS) is 19.6. The fourth-order valence-electron chi connectivity index (χ4n) is 2.62. The van der Waals surface area contributed by atoms with Gasteiger partial charge in [0, 0.05) is 43.0 Å². The van der Waals surface area contributed by atoms with E-state index in [1.165, 1.54) is 0 Å². The number of anilines is 1. The average molecular weight is 273 g/mol. The molecule has 4 nitrogen and oxygen atoms in total. The van der Waals surface area contributed by atoms with Gasteiger partial charge in [-0.15, -0.1) is 0 Å². The highest BCUT2D eigenvalue weighted by molar-refractivity contribution is 5.56. The van der Waals surface area contributed by atoms with Crippen molar-refractivity contribution in [1.29, 1.82) is 5.26 Å². The van der Waals surface area contributed by atoms with Crippen molar-refractivity contribution in [1.82, 2.24) is 5.32 Å². The van der Waals surface area contributed by atoms with Gasteiger partial charge in [0.25, 0.3) is 0 Å². The van der Waals surface area contributed by atoms with E-state index in [4.69, 9.17) is 4.74 Å². The van der Waals surface area contributed by atoms with E-state index >= 15 is 0 Å². The minimum atomic E-state index is -0.541. The molecular formula is C16H23N3O. The Balaban J connectivity index is 2.32. The predicted octanol–water partition coefficient (Wildman–Crippen LogP) is 2.29. The monoisotopic (exact) mass is 273 g/mol. The Bertz CT molecular complexity index is 519. The molecule has 1 aliphatic heterocycles. The number of rotatable bonds is 3. The third kappa shape index (κ3) is 2.88. The molecule has 0 spiro atoms. The fourth-order valence-corrected chi connectivity index (χ4v) is 2.62. The van der Waals surface area contributed by atoms with Crippen LogP contribution in [0.25, 0.3) is 0 Å². The number of benzene rings is 1. The number of hydrogen-bond donors (Lipinski definition) is 1. The van der Waals surface area contributed by atoms with Crippen molar-refractivity contribution in [2.75, 3.05) is 31.6 Å². The van der Waals surface area contributed by atoms with Gasteiger partial charge >= 0.3 is 0 Å². The molecule has 0 saturated carbocycles. The first-order valence-corrected chi connectivity index (χ1v) is 7.06. The van der Waals surface area contributed by atoms with Gasteiger partial charge in [-0.2, -0.15) is 5.26 Å². The molecule has 20 heavy (non-hydrogen) atoms. The van der Waals surface area contributed by atoms with Crippen LogP contribution in [0.2, 0.25) is 0 Å². The Morgan fingerprint density at radius 2 is 2.20 bits per heavy atom. The van der Waals surface area contributed by atoms with Crippen LogP contribution in [0.3, 0.4) is 0 Å². The molecule has 108 valence electrons. The van der Waals surface area contributed by atoms with Crippen LogP contribution in [-0.2, 0) is 5.41 Å². The Morgan fingerprint density at radius 3 is 2.80 bits per heavy atom. The van der Waals surface area contributed by atoms with Crippen molar-refractivity contribution in [3.8, 4) is 11.8 Å². The zero-order chi connectivity index (χ0) is 14.8. The molecule has 1 atom stereocenters. The Labute approximate surface area is 121 Å². The van der Waals surface area contributed by atoms with Crippen molar-refractivity contribution in [3.05, 3.63) is 23.8 Å². The lowest BCUT2D eigenvalue weighted by atomic mass is 9.85. The average Bonchev–Trinajstić information content (AvgIpc) is 2.46. The van der Waals surface area contributed by atoms with E-state index in [0.717, 1.165) is 36.6 Å². The number of nitriles is 1. The molecule has 4 heteroatoms. The molecule has 0 aromatic heterocycles. The molecule has 1 fully saturated rings. The summed E-state index contributed by atoms with van der Waals surface area (Å²) >= 11 is 0. The van der Waals surface area contributed by atoms with Crippen molar-refractivity contribution in [2.24, 2.45) is 0 Å².